The summed E-state index contributed by atoms with van der Waals surface area (Å²) in [5.74, 6) is 0. The summed E-state index contributed by atoms with van der Waals surface area (Å²) in [6.07, 6.45) is 0. The van der Waals surface area contributed by atoms with Crippen LogP contribution in [0.25, 0.3) is 0 Å². The number of hydrogen-bond donors (Lipinski definition) is 2. The van der Waals surface area contributed by atoms with E-state index in [1.807, 2.05) is 0 Å². The number of hydrogen-bond acceptors (Lipinski definition) is 4. The summed E-state index contributed by atoms with van der Waals surface area (Å²) in [5, 5.41) is -2.70. The van der Waals surface area contributed by atoms with Gasteiger partial charge in [0.25, 0.3) is 0 Å². The molecular weight excluding hydrogens is 246 g/mol. The lowest BCUT2D eigenvalue weighted by Gasteiger charge is -2.37. The molecule has 2 N–H and O–H groups in total. The summed E-state index contributed by atoms with van der Waals surface area (Å²) in [7, 11) is -6.16. The van der Waals surface area contributed by atoms with Crippen molar-refractivity contribution in [3.8, 4) is 0 Å². The van der Waals surface area contributed by atoms with Crippen molar-refractivity contribution in [1.29, 1.82) is 0 Å². The van der Waals surface area contributed by atoms with Gasteiger partial charge < -0.3 is 0 Å². The molecule has 0 rings (SSSR count). The highest BCUT2D eigenvalue weighted by molar-refractivity contribution is 7.87. The molecule has 92 valence electrons. The second-order valence-corrected chi connectivity index (χ2v) is 7.28. The number of nitrogens with zero attached hydrogens (tertiary/aromatic N) is 1. The van der Waals surface area contributed by atoms with Crippen LogP contribution < -0.4 is 0 Å². The summed E-state index contributed by atoms with van der Waals surface area (Å²) in [6.45, 7) is 2.33. The smallest absolute Gasteiger partial charge is 0.295 e. The van der Waals surface area contributed by atoms with Gasteiger partial charge in [-0.05, 0) is 0 Å². The summed E-state index contributed by atoms with van der Waals surface area (Å²) in [6, 6.07) is 0. The minimum atomic E-state index is -4.37. The normalized spacial score (nSPS) is 18.5. The van der Waals surface area contributed by atoms with Gasteiger partial charge in [-0.2, -0.15) is 16.8 Å². The Morgan fingerprint density at radius 2 is 1.07 bits per heavy atom. The first-order chi connectivity index (χ1) is 6.31. The van der Waals surface area contributed by atoms with Crippen molar-refractivity contribution in [3.63, 3.8) is 0 Å². The highest BCUT2D eigenvalue weighted by Gasteiger charge is 2.44. The molecule has 0 spiro atoms. The third-order valence-corrected chi connectivity index (χ3v) is 5.55. The van der Waals surface area contributed by atoms with Gasteiger partial charge in [0, 0.05) is 13.8 Å². The minimum Gasteiger partial charge on any atom is -0.295 e. The van der Waals surface area contributed by atoms with E-state index in [9.17, 15) is 16.8 Å². The van der Waals surface area contributed by atoms with Crippen LogP contribution in [0.5, 0.6) is 0 Å². The van der Waals surface area contributed by atoms with Gasteiger partial charge in [-0.15, -0.1) is 0 Å². The van der Waals surface area contributed by atoms with Crippen LogP contribution in [-0.4, -0.2) is 55.3 Å². The average molecular weight is 262 g/mol. The Hall–Kier alpha value is -0.220. The Morgan fingerprint density at radius 1 is 0.867 bits per heavy atom. The zero-order chi connectivity index (χ0) is 12.7. The first-order valence-electron chi connectivity index (χ1n) is 4.07. The molecule has 0 aromatic heterocycles. The van der Waals surface area contributed by atoms with Crippen molar-refractivity contribution >= 4 is 20.2 Å². The molecule has 9 heteroatoms. The van der Waals surface area contributed by atoms with Gasteiger partial charge >= 0.3 is 20.2 Å². The van der Waals surface area contributed by atoms with Crippen molar-refractivity contribution in [2.24, 2.45) is 0 Å². The van der Waals surface area contributed by atoms with Crippen LogP contribution in [0.15, 0.2) is 0 Å². The second-order valence-electron chi connectivity index (χ2n) is 3.86. The summed E-state index contributed by atoms with van der Waals surface area (Å²) in [4.78, 5) is 0. The third-order valence-electron chi connectivity index (χ3n) is 2.74. The molecule has 2 unspecified atom stereocenters. The third kappa shape index (κ3) is 3.38. The summed E-state index contributed by atoms with van der Waals surface area (Å²) >= 11 is 0. The Labute approximate surface area is 89.8 Å². The second kappa shape index (κ2) is 3.98. The number of rotatable bonds is 4. The van der Waals surface area contributed by atoms with Gasteiger partial charge in [-0.25, -0.2) is 0 Å². The molecule has 0 heterocycles. The lowest BCUT2D eigenvalue weighted by atomic mass is 10.4. The van der Waals surface area contributed by atoms with Gasteiger partial charge in [0.05, 0.1) is 14.1 Å². The Balaban J connectivity index is 5.35. The first kappa shape index (κ1) is 14.8. The van der Waals surface area contributed by atoms with Crippen LogP contribution in [-0.2, 0) is 20.2 Å². The molecule has 0 saturated heterocycles. The highest BCUT2D eigenvalue weighted by atomic mass is 32.2. The van der Waals surface area contributed by atoms with Crippen LogP contribution in [0.3, 0.4) is 0 Å². The molecule has 2 atom stereocenters. The van der Waals surface area contributed by atoms with Crippen LogP contribution in [0.4, 0.5) is 0 Å². The Kier molecular flexibility index (Phi) is 3.92. The summed E-state index contributed by atoms with van der Waals surface area (Å²) in [5.41, 5.74) is 0. The van der Waals surface area contributed by atoms with E-state index in [0.717, 1.165) is 13.8 Å². The Bertz CT molecular complexity index is 383. The fraction of sp³-hybridized carbons (Fsp3) is 1.00. The topological polar surface area (TPSA) is 109 Å². The predicted octanol–water partition coefficient (Wildman–Crippen LogP) is -0.470. The monoisotopic (exact) mass is 262 g/mol. The highest BCUT2D eigenvalue weighted by Crippen LogP contribution is 2.19. The van der Waals surface area contributed by atoms with E-state index >= 15 is 0 Å². The predicted molar refractivity (Wildman–Crippen MR) is 54.1 cm³/mol. The van der Waals surface area contributed by atoms with Crippen molar-refractivity contribution in [2.45, 2.75) is 24.6 Å². The van der Waals surface area contributed by atoms with E-state index in [0.29, 0.717) is 0 Å². The molecule has 0 aliphatic carbocycles. The van der Waals surface area contributed by atoms with Crippen LogP contribution in [0.1, 0.15) is 13.8 Å². The van der Waals surface area contributed by atoms with Gasteiger partial charge in [-0.1, -0.05) is 0 Å². The molecule has 0 fully saturated rings. The van der Waals surface area contributed by atoms with Crippen molar-refractivity contribution in [2.75, 3.05) is 14.1 Å². The molecule has 0 aromatic carbocycles. The van der Waals surface area contributed by atoms with E-state index in [-0.39, 0.29) is 0 Å². The molecule has 0 aromatic rings. The standard InChI is InChI=1S/C6H15NO6S2/c1-5(14(8,9)10)7(3,4)6(2)15(11,12)13/h5-6H,1-4H3,(H-,8,9,10,11,12,13)/p+1. The molecule has 0 amide bonds. The fourth-order valence-electron chi connectivity index (χ4n) is 0.982. The fourth-order valence-corrected chi connectivity index (χ4v) is 2.80. The Morgan fingerprint density at radius 3 is 1.20 bits per heavy atom. The molecule has 15 heavy (non-hydrogen) atoms. The van der Waals surface area contributed by atoms with E-state index in [4.69, 9.17) is 9.11 Å². The zero-order valence-corrected chi connectivity index (χ0v) is 10.6. The molecular formula is C6H16NO6S2+. The molecule has 0 aliphatic heterocycles. The average Bonchev–Trinajstić information content (AvgIpc) is 1.98. The number of quaternary nitrogens is 1. The molecule has 7 nitrogen and oxygen atoms in total. The minimum absolute atomic E-state index is 0.586. The van der Waals surface area contributed by atoms with Gasteiger partial charge in [0.2, 0.25) is 10.7 Å². The molecule has 0 aliphatic rings. The van der Waals surface area contributed by atoms with E-state index in [1.165, 1.54) is 14.1 Å². The van der Waals surface area contributed by atoms with Gasteiger partial charge in [0.1, 0.15) is 0 Å². The van der Waals surface area contributed by atoms with Gasteiger partial charge in [0.15, 0.2) is 0 Å². The summed E-state index contributed by atoms with van der Waals surface area (Å²) < 4.78 is 60.5. The molecule has 0 radical (unpaired) electrons. The van der Waals surface area contributed by atoms with Crippen LogP contribution in [0, 0.1) is 0 Å². The lowest BCUT2D eigenvalue weighted by molar-refractivity contribution is -0.909. The van der Waals surface area contributed by atoms with E-state index in [1.54, 1.807) is 0 Å². The van der Waals surface area contributed by atoms with E-state index < -0.39 is 35.5 Å². The molecule has 0 bridgehead atoms. The quantitative estimate of drug-likeness (QED) is 0.523. The van der Waals surface area contributed by atoms with Gasteiger partial charge in [-0.3, -0.25) is 13.6 Å². The van der Waals surface area contributed by atoms with Crippen molar-refractivity contribution in [3.05, 3.63) is 0 Å². The van der Waals surface area contributed by atoms with E-state index in [2.05, 4.69) is 0 Å². The molecule has 0 saturated carbocycles. The van der Waals surface area contributed by atoms with Crippen molar-refractivity contribution in [1.82, 2.24) is 0 Å². The maximum absolute atomic E-state index is 10.9. The van der Waals surface area contributed by atoms with Crippen LogP contribution in [0.2, 0.25) is 0 Å². The largest absolute Gasteiger partial charge is 0.319 e. The first-order valence-corrected chi connectivity index (χ1v) is 7.08. The zero-order valence-electron chi connectivity index (χ0n) is 8.95. The van der Waals surface area contributed by atoms with Crippen LogP contribution >= 0.6 is 0 Å². The SMILES string of the molecule is CC([N+](C)(C)C(C)S(=O)(=O)O)S(=O)(=O)O. The maximum atomic E-state index is 10.9. The lowest BCUT2D eigenvalue weighted by Crippen LogP contribution is -2.58. The maximum Gasteiger partial charge on any atom is 0.319 e. The van der Waals surface area contributed by atoms with Crippen molar-refractivity contribution < 1.29 is 30.4 Å².